The minimum absolute atomic E-state index is 0. The summed E-state index contributed by atoms with van der Waals surface area (Å²) >= 11 is 1.61. The third-order valence-corrected chi connectivity index (χ3v) is 6.26. The zero-order valence-corrected chi connectivity index (χ0v) is 19.3. The first-order chi connectivity index (χ1) is 13.2. The van der Waals surface area contributed by atoms with E-state index in [2.05, 4.69) is 27.8 Å². The van der Waals surface area contributed by atoms with Crippen LogP contribution >= 0.6 is 35.3 Å². The average molecular weight is 519 g/mol. The maximum atomic E-state index is 10.6. The molecule has 0 aliphatic carbocycles. The summed E-state index contributed by atoms with van der Waals surface area (Å²) in [6.45, 7) is 5.13. The molecule has 0 amide bonds. The number of aliphatic hydroxyl groups excluding tert-OH is 2. The number of nitrogens with zero attached hydrogens (tertiary/aromatic N) is 1. The Morgan fingerprint density at radius 1 is 1.29 bits per heavy atom. The van der Waals surface area contributed by atoms with Gasteiger partial charge in [-0.25, -0.2) is 0 Å². The Bertz CT molecular complexity index is 729. The Morgan fingerprint density at radius 2 is 2.04 bits per heavy atom. The molecule has 1 saturated heterocycles. The Labute approximate surface area is 187 Å². The van der Waals surface area contributed by atoms with E-state index in [-0.39, 0.29) is 36.0 Å². The lowest BCUT2D eigenvalue weighted by atomic mass is 9.81. The van der Waals surface area contributed by atoms with Gasteiger partial charge in [-0.05, 0) is 37.3 Å². The van der Waals surface area contributed by atoms with Crippen molar-refractivity contribution in [2.45, 2.75) is 25.9 Å². The summed E-state index contributed by atoms with van der Waals surface area (Å²) in [7, 11) is 0. The van der Waals surface area contributed by atoms with Crippen LogP contribution in [0.25, 0.3) is 10.1 Å². The van der Waals surface area contributed by atoms with E-state index in [9.17, 15) is 10.2 Å². The molecule has 0 bridgehead atoms. The van der Waals surface area contributed by atoms with Crippen LogP contribution in [0.4, 0.5) is 0 Å². The summed E-state index contributed by atoms with van der Waals surface area (Å²) in [5.74, 6) is 0.664. The molecule has 3 rings (SSSR count). The zero-order valence-electron chi connectivity index (χ0n) is 16.2. The van der Waals surface area contributed by atoms with E-state index in [1.165, 1.54) is 4.70 Å². The number of benzene rings is 1. The molecule has 156 valence electrons. The Balaban J connectivity index is 0.00000280. The van der Waals surface area contributed by atoms with Crippen molar-refractivity contribution in [2.75, 3.05) is 39.5 Å². The molecule has 28 heavy (non-hydrogen) atoms. The quantitative estimate of drug-likeness (QED) is 0.257. The molecule has 0 spiro atoms. The van der Waals surface area contributed by atoms with Gasteiger partial charge < -0.3 is 25.6 Å². The SMILES string of the molecule is CCNC(=NCC1(CO)CCOCC1)NCC(O)c1cc2ccccc2s1.I. The van der Waals surface area contributed by atoms with E-state index in [0.717, 1.165) is 29.6 Å². The molecule has 2 heterocycles. The summed E-state index contributed by atoms with van der Waals surface area (Å²) in [6, 6.07) is 10.2. The Kier molecular flexibility index (Phi) is 9.42. The second-order valence-electron chi connectivity index (χ2n) is 7.05. The van der Waals surface area contributed by atoms with Crippen LogP contribution in [0.1, 0.15) is 30.7 Å². The lowest BCUT2D eigenvalue weighted by molar-refractivity contribution is -0.0106. The van der Waals surface area contributed by atoms with Gasteiger partial charge in [0.1, 0.15) is 6.10 Å². The lowest BCUT2D eigenvalue weighted by Crippen LogP contribution is -2.42. The maximum absolute atomic E-state index is 10.6. The first-order valence-electron chi connectivity index (χ1n) is 9.53. The van der Waals surface area contributed by atoms with Crippen molar-refractivity contribution in [3.63, 3.8) is 0 Å². The van der Waals surface area contributed by atoms with Crippen LogP contribution in [0.5, 0.6) is 0 Å². The second kappa shape index (κ2) is 11.3. The third kappa shape index (κ3) is 6.03. The number of hydrogen-bond acceptors (Lipinski definition) is 5. The van der Waals surface area contributed by atoms with Crippen LogP contribution in [0.3, 0.4) is 0 Å². The molecule has 6 nitrogen and oxygen atoms in total. The highest BCUT2D eigenvalue weighted by Crippen LogP contribution is 2.31. The van der Waals surface area contributed by atoms with E-state index in [1.807, 2.05) is 25.1 Å². The predicted octanol–water partition coefficient (Wildman–Crippen LogP) is 2.90. The predicted molar refractivity (Wildman–Crippen MR) is 126 cm³/mol. The molecule has 1 atom stereocenters. The highest BCUT2D eigenvalue weighted by atomic mass is 127. The fraction of sp³-hybridized carbons (Fsp3) is 0.550. The van der Waals surface area contributed by atoms with Gasteiger partial charge in [-0.2, -0.15) is 0 Å². The highest BCUT2D eigenvalue weighted by molar-refractivity contribution is 14.0. The summed E-state index contributed by atoms with van der Waals surface area (Å²) in [6.07, 6.45) is 1.04. The van der Waals surface area contributed by atoms with Gasteiger partial charge in [0.2, 0.25) is 0 Å². The fourth-order valence-electron chi connectivity index (χ4n) is 3.22. The van der Waals surface area contributed by atoms with Gasteiger partial charge in [-0.1, -0.05) is 18.2 Å². The number of fused-ring (bicyclic) bond motifs is 1. The molecule has 1 aliphatic heterocycles. The number of nitrogens with one attached hydrogen (secondary N) is 2. The summed E-state index contributed by atoms with van der Waals surface area (Å²) in [4.78, 5) is 5.60. The number of hydrogen-bond donors (Lipinski definition) is 4. The van der Waals surface area contributed by atoms with Crippen molar-refractivity contribution < 1.29 is 14.9 Å². The lowest BCUT2D eigenvalue weighted by Gasteiger charge is -2.34. The molecular formula is C20H30IN3O3S. The Morgan fingerprint density at radius 3 is 2.71 bits per heavy atom. The van der Waals surface area contributed by atoms with Crippen LogP contribution in [-0.2, 0) is 4.74 Å². The van der Waals surface area contributed by atoms with Crippen molar-refractivity contribution in [3.05, 3.63) is 35.2 Å². The maximum Gasteiger partial charge on any atom is 0.191 e. The van der Waals surface area contributed by atoms with Gasteiger partial charge in [0.05, 0.1) is 13.2 Å². The molecule has 1 aromatic carbocycles. The smallest absolute Gasteiger partial charge is 0.191 e. The molecule has 8 heteroatoms. The van der Waals surface area contributed by atoms with Crippen molar-refractivity contribution in [1.29, 1.82) is 0 Å². The number of halogens is 1. The number of rotatable bonds is 7. The molecule has 0 radical (unpaired) electrons. The largest absolute Gasteiger partial charge is 0.396 e. The number of aliphatic hydroxyl groups is 2. The van der Waals surface area contributed by atoms with Crippen molar-refractivity contribution >= 4 is 51.4 Å². The molecule has 1 fully saturated rings. The van der Waals surface area contributed by atoms with Crippen LogP contribution in [0, 0.1) is 5.41 Å². The molecule has 1 aliphatic rings. The topological polar surface area (TPSA) is 86.1 Å². The van der Waals surface area contributed by atoms with Gasteiger partial charge in [0, 0.05) is 41.3 Å². The standard InChI is InChI=1S/C20H29N3O3S.HI/c1-2-21-19(23-13-20(14-24)7-9-26-10-8-20)22-12-16(25)18-11-15-5-3-4-6-17(15)27-18;/h3-6,11,16,24-25H,2,7-10,12-14H2,1H3,(H2,21,22,23);1H. The summed E-state index contributed by atoms with van der Waals surface area (Å²) in [5.41, 5.74) is -0.204. The van der Waals surface area contributed by atoms with E-state index >= 15 is 0 Å². The normalized spacial score (nSPS) is 17.8. The minimum Gasteiger partial charge on any atom is -0.396 e. The molecule has 4 N–H and O–H groups in total. The fourth-order valence-corrected chi connectivity index (χ4v) is 4.27. The van der Waals surface area contributed by atoms with Crippen LogP contribution < -0.4 is 10.6 Å². The number of thiophene rings is 1. The molecule has 2 aromatic rings. The molecule has 0 saturated carbocycles. The second-order valence-corrected chi connectivity index (χ2v) is 8.16. The van der Waals surface area contributed by atoms with Gasteiger partial charge in [0.25, 0.3) is 0 Å². The number of aliphatic imine (C=N–C) groups is 1. The molecule has 1 unspecified atom stereocenters. The number of guanidine groups is 1. The van der Waals surface area contributed by atoms with Crippen LogP contribution in [0.2, 0.25) is 0 Å². The van der Waals surface area contributed by atoms with Crippen molar-refractivity contribution in [3.8, 4) is 0 Å². The monoisotopic (exact) mass is 519 g/mol. The summed E-state index contributed by atoms with van der Waals surface area (Å²) < 4.78 is 6.59. The van der Waals surface area contributed by atoms with Gasteiger partial charge >= 0.3 is 0 Å². The van der Waals surface area contributed by atoms with Crippen molar-refractivity contribution in [2.24, 2.45) is 10.4 Å². The number of ether oxygens (including phenoxy) is 1. The van der Waals surface area contributed by atoms with Crippen LogP contribution in [-0.4, -0.2) is 55.6 Å². The van der Waals surface area contributed by atoms with Crippen molar-refractivity contribution in [1.82, 2.24) is 10.6 Å². The van der Waals surface area contributed by atoms with Crippen LogP contribution in [0.15, 0.2) is 35.3 Å². The van der Waals surface area contributed by atoms with E-state index in [0.29, 0.717) is 32.3 Å². The van der Waals surface area contributed by atoms with E-state index in [4.69, 9.17) is 4.74 Å². The third-order valence-electron chi connectivity index (χ3n) is 5.04. The van der Waals surface area contributed by atoms with Gasteiger partial charge in [-0.3, -0.25) is 4.99 Å². The molecule has 1 aromatic heterocycles. The first kappa shape index (κ1) is 23.3. The highest BCUT2D eigenvalue weighted by Gasteiger charge is 2.31. The van der Waals surface area contributed by atoms with E-state index < -0.39 is 6.10 Å². The summed E-state index contributed by atoms with van der Waals surface area (Å²) in [5, 5.41) is 28.0. The van der Waals surface area contributed by atoms with Gasteiger partial charge in [0.15, 0.2) is 5.96 Å². The minimum atomic E-state index is -0.596. The van der Waals surface area contributed by atoms with Gasteiger partial charge in [-0.15, -0.1) is 35.3 Å². The Hall–Kier alpha value is -0.940. The average Bonchev–Trinajstić information content (AvgIpc) is 3.15. The molecular weight excluding hydrogens is 489 g/mol. The van der Waals surface area contributed by atoms with E-state index in [1.54, 1.807) is 11.3 Å². The zero-order chi connectivity index (χ0) is 19.1. The first-order valence-corrected chi connectivity index (χ1v) is 10.3.